The molecule has 0 radical (unpaired) electrons. The molecule has 0 aliphatic heterocycles. The van der Waals surface area contributed by atoms with Gasteiger partial charge in [-0.1, -0.05) is 19.1 Å². The molecule has 0 saturated heterocycles. The SMILES string of the molecule is CCCNC(=O)c1ccccc1NC(=O)[C@H](C)Oc1ccc(OC)cc1. The van der Waals surface area contributed by atoms with Crippen LogP contribution in [0.15, 0.2) is 48.5 Å². The molecule has 0 saturated carbocycles. The molecule has 138 valence electrons. The fourth-order valence-electron chi connectivity index (χ4n) is 2.27. The molecule has 0 aliphatic rings. The zero-order valence-corrected chi connectivity index (χ0v) is 15.2. The molecule has 2 amide bonds. The number of carbonyl (C=O) groups excluding carboxylic acids is 2. The minimum absolute atomic E-state index is 0.216. The van der Waals surface area contributed by atoms with E-state index in [9.17, 15) is 9.59 Å². The van der Waals surface area contributed by atoms with E-state index in [2.05, 4.69) is 10.6 Å². The number of ether oxygens (including phenoxy) is 2. The summed E-state index contributed by atoms with van der Waals surface area (Å²) < 4.78 is 10.7. The molecule has 6 heteroatoms. The summed E-state index contributed by atoms with van der Waals surface area (Å²) in [5.74, 6) is 0.715. The maximum Gasteiger partial charge on any atom is 0.265 e. The van der Waals surface area contributed by atoms with Crippen LogP contribution in [0.1, 0.15) is 30.6 Å². The van der Waals surface area contributed by atoms with Crippen LogP contribution in [0, 0.1) is 0 Å². The highest BCUT2D eigenvalue weighted by Gasteiger charge is 2.18. The highest BCUT2D eigenvalue weighted by Crippen LogP contribution is 2.19. The van der Waals surface area contributed by atoms with Crippen molar-refractivity contribution >= 4 is 17.5 Å². The fourth-order valence-corrected chi connectivity index (χ4v) is 2.27. The van der Waals surface area contributed by atoms with Crippen molar-refractivity contribution in [3.63, 3.8) is 0 Å². The number of anilines is 1. The number of methoxy groups -OCH3 is 1. The third-order valence-corrected chi connectivity index (χ3v) is 3.71. The molecule has 0 fully saturated rings. The summed E-state index contributed by atoms with van der Waals surface area (Å²) >= 11 is 0. The van der Waals surface area contributed by atoms with Crippen molar-refractivity contribution in [2.45, 2.75) is 26.4 Å². The van der Waals surface area contributed by atoms with Crippen LogP contribution >= 0.6 is 0 Å². The Hall–Kier alpha value is -3.02. The average Bonchev–Trinajstić information content (AvgIpc) is 2.67. The van der Waals surface area contributed by atoms with E-state index in [1.807, 2.05) is 6.92 Å². The first-order valence-electron chi connectivity index (χ1n) is 8.54. The van der Waals surface area contributed by atoms with Gasteiger partial charge in [0.15, 0.2) is 6.10 Å². The Bertz CT molecular complexity index is 744. The maximum atomic E-state index is 12.4. The van der Waals surface area contributed by atoms with Crippen LogP contribution in [0.5, 0.6) is 11.5 Å². The molecule has 0 aromatic heterocycles. The molecule has 2 rings (SSSR count). The summed E-state index contributed by atoms with van der Waals surface area (Å²) in [6.07, 6.45) is 0.114. The first kappa shape index (κ1) is 19.3. The highest BCUT2D eigenvalue weighted by molar-refractivity contribution is 6.04. The second kappa shape index (κ2) is 9.46. The molecular formula is C20H24N2O4. The molecule has 2 N–H and O–H groups in total. The minimum atomic E-state index is -0.727. The Kier molecular flexibility index (Phi) is 7.02. The van der Waals surface area contributed by atoms with E-state index in [0.717, 1.165) is 6.42 Å². The third-order valence-electron chi connectivity index (χ3n) is 3.71. The lowest BCUT2D eigenvalue weighted by Crippen LogP contribution is -2.31. The Labute approximate surface area is 153 Å². The first-order valence-corrected chi connectivity index (χ1v) is 8.54. The lowest BCUT2D eigenvalue weighted by atomic mass is 10.1. The summed E-state index contributed by atoms with van der Waals surface area (Å²) in [5.41, 5.74) is 0.877. The van der Waals surface area contributed by atoms with Gasteiger partial charge in [0.05, 0.1) is 18.4 Å². The van der Waals surface area contributed by atoms with Gasteiger partial charge in [0.2, 0.25) is 0 Å². The maximum absolute atomic E-state index is 12.4. The van der Waals surface area contributed by atoms with E-state index in [1.165, 1.54) is 0 Å². The van der Waals surface area contributed by atoms with Crippen LogP contribution in [-0.4, -0.2) is 31.6 Å². The summed E-state index contributed by atoms with van der Waals surface area (Å²) in [6.45, 7) is 4.21. The summed E-state index contributed by atoms with van der Waals surface area (Å²) in [4.78, 5) is 24.7. The molecule has 0 aliphatic carbocycles. The van der Waals surface area contributed by atoms with Crippen LogP contribution in [0.25, 0.3) is 0 Å². The lowest BCUT2D eigenvalue weighted by Gasteiger charge is -2.16. The number of para-hydroxylation sites is 1. The number of amides is 2. The molecule has 6 nitrogen and oxygen atoms in total. The minimum Gasteiger partial charge on any atom is -0.497 e. The van der Waals surface area contributed by atoms with Gasteiger partial charge in [0.1, 0.15) is 11.5 Å². The molecular weight excluding hydrogens is 332 g/mol. The van der Waals surface area contributed by atoms with Crippen LogP contribution in [-0.2, 0) is 4.79 Å². The van der Waals surface area contributed by atoms with Gasteiger partial charge in [0, 0.05) is 6.54 Å². The zero-order valence-electron chi connectivity index (χ0n) is 15.2. The van der Waals surface area contributed by atoms with E-state index >= 15 is 0 Å². The molecule has 0 spiro atoms. The van der Waals surface area contributed by atoms with Crippen LogP contribution in [0.4, 0.5) is 5.69 Å². The second-order valence-corrected chi connectivity index (χ2v) is 5.73. The number of benzene rings is 2. The van der Waals surface area contributed by atoms with Crippen LogP contribution in [0.2, 0.25) is 0 Å². The van der Waals surface area contributed by atoms with Gasteiger partial charge >= 0.3 is 0 Å². The van der Waals surface area contributed by atoms with Crippen molar-refractivity contribution in [1.82, 2.24) is 5.32 Å². The van der Waals surface area contributed by atoms with Crippen molar-refractivity contribution in [2.24, 2.45) is 0 Å². The van der Waals surface area contributed by atoms with Crippen molar-refractivity contribution in [2.75, 3.05) is 19.0 Å². The Morgan fingerprint density at radius 1 is 1.04 bits per heavy atom. The molecule has 1 atom stereocenters. The standard InChI is InChI=1S/C20H24N2O4/c1-4-13-21-20(24)17-7-5-6-8-18(17)22-19(23)14(2)26-16-11-9-15(25-3)10-12-16/h5-12,14H,4,13H2,1-3H3,(H,21,24)(H,22,23)/t14-/m0/s1. The van der Waals surface area contributed by atoms with Crippen molar-refractivity contribution in [3.8, 4) is 11.5 Å². The Morgan fingerprint density at radius 2 is 1.69 bits per heavy atom. The van der Waals surface area contributed by atoms with Crippen molar-refractivity contribution in [3.05, 3.63) is 54.1 Å². The third kappa shape index (κ3) is 5.24. The second-order valence-electron chi connectivity index (χ2n) is 5.73. The Balaban J connectivity index is 2.03. The molecule has 2 aromatic carbocycles. The highest BCUT2D eigenvalue weighted by atomic mass is 16.5. The number of nitrogens with one attached hydrogen (secondary N) is 2. The number of rotatable bonds is 8. The van der Waals surface area contributed by atoms with Gasteiger partial charge in [-0.25, -0.2) is 0 Å². The van der Waals surface area contributed by atoms with E-state index < -0.39 is 6.10 Å². The predicted octanol–water partition coefficient (Wildman–Crippen LogP) is 3.24. The van der Waals surface area contributed by atoms with Crippen molar-refractivity contribution < 1.29 is 19.1 Å². The van der Waals surface area contributed by atoms with E-state index in [1.54, 1.807) is 62.6 Å². The molecule has 0 unspecified atom stereocenters. The molecule has 2 aromatic rings. The fraction of sp³-hybridized carbons (Fsp3) is 0.300. The van der Waals surface area contributed by atoms with Gasteiger partial charge in [-0.3, -0.25) is 9.59 Å². The van der Waals surface area contributed by atoms with E-state index in [0.29, 0.717) is 29.3 Å². The quantitative estimate of drug-likeness (QED) is 0.761. The lowest BCUT2D eigenvalue weighted by molar-refractivity contribution is -0.122. The van der Waals surface area contributed by atoms with Crippen LogP contribution in [0.3, 0.4) is 0 Å². The largest absolute Gasteiger partial charge is 0.497 e. The normalized spacial score (nSPS) is 11.3. The Morgan fingerprint density at radius 3 is 2.35 bits per heavy atom. The van der Waals surface area contributed by atoms with E-state index in [4.69, 9.17) is 9.47 Å². The number of hydrogen-bond acceptors (Lipinski definition) is 4. The van der Waals surface area contributed by atoms with Gasteiger partial charge in [-0.15, -0.1) is 0 Å². The van der Waals surface area contributed by atoms with Gasteiger partial charge in [-0.05, 0) is 49.7 Å². The summed E-state index contributed by atoms with van der Waals surface area (Å²) in [5, 5.41) is 5.57. The molecule has 0 bridgehead atoms. The molecule has 26 heavy (non-hydrogen) atoms. The van der Waals surface area contributed by atoms with Gasteiger partial charge in [-0.2, -0.15) is 0 Å². The monoisotopic (exact) mass is 356 g/mol. The van der Waals surface area contributed by atoms with E-state index in [-0.39, 0.29) is 11.8 Å². The smallest absolute Gasteiger partial charge is 0.265 e. The summed E-state index contributed by atoms with van der Waals surface area (Å²) in [6, 6.07) is 13.9. The van der Waals surface area contributed by atoms with Gasteiger partial charge < -0.3 is 20.1 Å². The van der Waals surface area contributed by atoms with Crippen LogP contribution < -0.4 is 20.1 Å². The number of hydrogen-bond donors (Lipinski definition) is 2. The van der Waals surface area contributed by atoms with Gasteiger partial charge in [0.25, 0.3) is 11.8 Å². The summed E-state index contributed by atoms with van der Waals surface area (Å²) in [7, 11) is 1.58. The zero-order chi connectivity index (χ0) is 18.9. The first-order chi connectivity index (χ1) is 12.5. The topological polar surface area (TPSA) is 76.7 Å². The molecule has 0 heterocycles. The number of carbonyl (C=O) groups is 2. The average molecular weight is 356 g/mol. The van der Waals surface area contributed by atoms with Crippen molar-refractivity contribution in [1.29, 1.82) is 0 Å². The predicted molar refractivity (Wildman–Crippen MR) is 101 cm³/mol.